The zero-order valence-corrected chi connectivity index (χ0v) is 9.77. The van der Waals surface area contributed by atoms with Crippen LogP contribution in [0.1, 0.15) is 26.0 Å². The number of hydrogen-bond donors (Lipinski definition) is 1. The second-order valence-corrected chi connectivity index (χ2v) is 3.98. The van der Waals surface area contributed by atoms with E-state index in [1.165, 1.54) is 0 Å². The van der Waals surface area contributed by atoms with Crippen LogP contribution < -0.4 is 10.6 Å². The van der Waals surface area contributed by atoms with Crippen LogP contribution >= 0.6 is 0 Å². The Labute approximate surface area is 91.5 Å². The second-order valence-electron chi connectivity index (χ2n) is 3.98. The highest BCUT2D eigenvalue weighted by molar-refractivity contribution is 5.37. The molecule has 0 radical (unpaired) electrons. The molecule has 0 aliphatic heterocycles. The van der Waals surface area contributed by atoms with Gasteiger partial charge in [-0.25, -0.2) is 9.97 Å². The van der Waals surface area contributed by atoms with Crippen molar-refractivity contribution in [1.82, 2.24) is 9.97 Å². The molecule has 0 aliphatic rings. The first kappa shape index (κ1) is 11.9. The molecule has 4 nitrogen and oxygen atoms in total. The van der Waals surface area contributed by atoms with Crippen molar-refractivity contribution in [2.24, 2.45) is 5.73 Å². The molecule has 0 bridgehead atoms. The van der Waals surface area contributed by atoms with Crippen LogP contribution in [-0.4, -0.2) is 29.6 Å². The molecule has 1 aromatic rings. The maximum atomic E-state index is 5.74. The zero-order chi connectivity index (χ0) is 11.3. The maximum Gasteiger partial charge on any atom is 0.131 e. The molecule has 84 valence electrons. The van der Waals surface area contributed by atoms with Gasteiger partial charge in [-0.05, 0) is 13.3 Å². The average Bonchev–Trinajstić information content (AvgIpc) is 2.17. The van der Waals surface area contributed by atoms with Crippen LogP contribution in [-0.2, 0) is 6.42 Å². The van der Waals surface area contributed by atoms with Crippen molar-refractivity contribution in [2.45, 2.75) is 32.7 Å². The van der Waals surface area contributed by atoms with Crippen molar-refractivity contribution in [1.29, 1.82) is 0 Å². The third-order valence-electron chi connectivity index (χ3n) is 2.17. The Morgan fingerprint density at radius 1 is 1.47 bits per heavy atom. The van der Waals surface area contributed by atoms with Gasteiger partial charge < -0.3 is 10.6 Å². The molecular formula is C11H20N4. The number of rotatable bonds is 5. The fourth-order valence-electron chi connectivity index (χ4n) is 1.51. The fraction of sp³-hybridized carbons (Fsp3) is 0.636. The number of aromatic nitrogens is 2. The van der Waals surface area contributed by atoms with Gasteiger partial charge in [-0.3, -0.25) is 0 Å². The van der Waals surface area contributed by atoms with Gasteiger partial charge in [0, 0.05) is 31.4 Å². The van der Waals surface area contributed by atoms with Gasteiger partial charge in [-0.1, -0.05) is 13.3 Å². The Morgan fingerprint density at radius 2 is 2.20 bits per heavy atom. The lowest BCUT2D eigenvalue weighted by molar-refractivity contribution is 0.709. The zero-order valence-electron chi connectivity index (χ0n) is 9.77. The van der Waals surface area contributed by atoms with E-state index in [0.717, 1.165) is 30.9 Å². The van der Waals surface area contributed by atoms with Crippen molar-refractivity contribution < 1.29 is 0 Å². The van der Waals surface area contributed by atoms with Crippen LogP contribution in [0.25, 0.3) is 0 Å². The Bertz CT molecular complexity index is 298. The minimum absolute atomic E-state index is 0.152. The van der Waals surface area contributed by atoms with Crippen LogP contribution in [0.3, 0.4) is 0 Å². The van der Waals surface area contributed by atoms with Crippen molar-refractivity contribution >= 4 is 5.82 Å². The van der Waals surface area contributed by atoms with E-state index < -0.39 is 0 Å². The summed E-state index contributed by atoms with van der Waals surface area (Å²) in [5.74, 6) is 0.950. The molecule has 1 heterocycles. The van der Waals surface area contributed by atoms with Crippen LogP contribution in [0.5, 0.6) is 0 Å². The summed E-state index contributed by atoms with van der Waals surface area (Å²) in [7, 11) is 2.00. The van der Waals surface area contributed by atoms with Crippen LogP contribution in [0, 0.1) is 0 Å². The Morgan fingerprint density at radius 3 is 2.80 bits per heavy atom. The van der Waals surface area contributed by atoms with Gasteiger partial charge in [-0.2, -0.15) is 0 Å². The van der Waals surface area contributed by atoms with E-state index in [-0.39, 0.29) is 6.04 Å². The molecule has 2 N–H and O–H groups in total. The molecule has 1 aromatic heterocycles. The lowest BCUT2D eigenvalue weighted by Crippen LogP contribution is -2.33. The van der Waals surface area contributed by atoms with Gasteiger partial charge in [0.25, 0.3) is 0 Å². The van der Waals surface area contributed by atoms with Gasteiger partial charge in [-0.15, -0.1) is 0 Å². The first-order chi connectivity index (χ1) is 7.13. The van der Waals surface area contributed by atoms with Crippen molar-refractivity contribution in [3.63, 3.8) is 0 Å². The molecule has 0 aromatic carbocycles. The minimum atomic E-state index is 0.152. The topological polar surface area (TPSA) is 55.0 Å². The summed E-state index contributed by atoms with van der Waals surface area (Å²) in [5, 5.41) is 0. The van der Waals surface area contributed by atoms with E-state index in [4.69, 9.17) is 5.73 Å². The van der Waals surface area contributed by atoms with E-state index in [0.29, 0.717) is 0 Å². The summed E-state index contributed by atoms with van der Waals surface area (Å²) >= 11 is 0. The van der Waals surface area contributed by atoms with Gasteiger partial charge in [0.2, 0.25) is 0 Å². The highest BCUT2D eigenvalue weighted by Gasteiger charge is 2.05. The number of hydrogen-bond acceptors (Lipinski definition) is 4. The van der Waals surface area contributed by atoms with E-state index in [9.17, 15) is 0 Å². The van der Waals surface area contributed by atoms with Gasteiger partial charge in [0.05, 0.1) is 0 Å². The highest BCUT2D eigenvalue weighted by Crippen LogP contribution is 2.10. The maximum absolute atomic E-state index is 5.74. The number of anilines is 1. The third-order valence-corrected chi connectivity index (χ3v) is 2.17. The second kappa shape index (κ2) is 5.66. The minimum Gasteiger partial charge on any atom is -0.358 e. The third kappa shape index (κ3) is 3.83. The SMILES string of the molecule is CCCc1cc(N(C)CC(C)N)ncn1. The first-order valence-electron chi connectivity index (χ1n) is 5.41. The predicted molar refractivity (Wildman–Crippen MR) is 62.9 cm³/mol. The molecule has 4 heteroatoms. The Kier molecular flexibility index (Phi) is 4.49. The summed E-state index contributed by atoms with van der Waals surface area (Å²) in [6, 6.07) is 2.19. The standard InChI is InChI=1S/C11H20N4/c1-4-5-10-6-11(14-8-13-10)15(3)7-9(2)12/h6,8-9H,4-5,7,12H2,1-3H3. The number of aryl methyl sites for hydroxylation is 1. The summed E-state index contributed by atoms with van der Waals surface area (Å²) in [6.07, 6.45) is 3.73. The van der Waals surface area contributed by atoms with Crippen molar-refractivity contribution in [3.8, 4) is 0 Å². The molecule has 0 saturated carbocycles. The first-order valence-corrected chi connectivity index (χ1v) is 5.41. The smallest absolute Gasteiger partial charge is 0.131 e. The molecule has 0 spiro atoms. The van der Waals surface area contributed by atoms with E-state index >= 15 is 0 Å². The molecular weight excluding hydrogens is 188 g/mol. The predicted octanol–water partition coefficient (Wildman–Crippen LogP) is 1.21. The molecule has 15 heavy (non-hydrogen) atoms. The molecule has 0 amide bonds. The quantitative estimate of drug-likeness (QED) is 0.790. The molecule has 1 atom stereocenters. The van der Waals surface area contributed by atoms with Gasteiger partial charge in [0.1, 0.15) is 12.1 Å². The molecule has 1 unspecified atom stereocenters. The Balaban J connectivity index is 2.71. The average molecular weight is 208 g/mol. The largest absolute Gasteiger partial charge is 0.358 e. The van der Waals surface area contributed by atoms with Crippen LogP contribution in [0.15, 0.2) is 12.4 Å². The lowest BCUT2D eigenvalue weighted by Gasteiger charge is -2.20. The summed E-state index contributed by atoms with van der Waals surface area (Å²) < 4.78 is 0. The van der Waals surface area contributed by atoms with Crippen molar-refractivity contribution in [2.75, 3.05) is 18.5 Å². The van der Waals surface area contributed by atoms with Crippen LogP contribution in [0.2, 0.25) is 0 Å². The van der Waals surface area contributed by atoms with E-state index in [1.807, 2.05) is 20.0 Å². The molecule has 0 fully saturated rings. The van der Waals surface area contributed by atoms with E-state index in [1.54, 1.807) is 6.33 Å². The van der Waals surface area contributed by atoms with Crippen molar-refractivity contribution in [3.05, 3.63) is 18.1 Å². The fourth-order valence-corrected chi connectivity index (χ4v) is 1.51. The monoisotopic (exact) mass is 208 g/mol. The highest BCUT2D eigenvalue weighted by atomic mass is 15.2. The summed E-state index contributed by atoms with van der Waals surface area (Å²) in [6.45, 7) is 4.95. The number of nitrogens with two attached hydrogens (primary N) is 1. The number of nitrogens with zero attached hydrogens (tertiary/aromatic N) is 3. The molecule has 0 aliphatic carbocycles. The summed E-state index contributed by atoms with van der Waals surface area (Å²) in [5.41, 5.74) is 6.84. The van der Waals surface area contributed by atoms with Gasteiger partial charge >= 0.3 is 0 Å². The van der Waals surface area contributed by atoms with Crippen LogP contribution in [0.4, 0.5) is 5.82 Å². The molecule has 1 rings (SSSR count). The lowest BCUT2D eigenvalue weighted by atomic mass is 10.2. The number of likely N-dealkylation sites (N-methyl/N-ethyl adjacent to an activating group) is 1. The Hall–Kier alpha value is -1.16. The molecule has 0 saturated heterocycles. The normalized spacial score (nSPS) is 12.5. The van der Waals surface area contributed by atoms with Gasteiger partial charge in [0.15, 0.2) is 0 Å². The summed E-state index contributed by atoms with van der Waals surface area (Å²) in [4.78, 5) is 10.5. The van der Waals surface area contributed by atoms with E-state index in [2.05, 4.69) is 21.8 Å².